The van der Waals surface area contributed by atoms with Gasteiger partial charge in [0.05, 0.1) is 15.1 Å². The molecule has 0 unspecified atom stereocenters. The van der Waals surface area contributed by atoms with E-state index >= 15 is 0 Å². The number of nitrogens with two attached hydrogens (primary N) is 2. The average molecular weight is 298 g/mol. The Labute approximate surface area is 111 Å². The first-order valence-electron chi connectivity index (χ1n) is 4.18. The molecular weight excluding hydrogens is 290 g/mol. The molecule has 8 heteroatoms. The Hall–Kier alpha value is -1.01. The Kier molecular flexibility index (Phi) is 3.88. The van der Waals surface area contributed by atoms with Gasteiger partial charge in [-0.1, -0.05) is 34.8 Å². The van der Waals surface area contributed by atoms with E-state index in [4.69, 9.17) is 46.3 Å². The van der Waals surface area contributed by atoms with Gasteiger partial charge in [0, 0.05) is 5.56 Å². The maximum atomic E-state index is 11.1. The van der Waals surface area contributed by atoms with Crippen molar-refractivity contribution >= 4 is 46.6 Å². The number of carbonyl (C=O) groups is 2. The SMILES string of the molecule is NC(=O)C(O)(C(N)=O)c1cc(Cl)c(Cl)c(Cl)c1. The summed E-state index contributed by atoms with van der Waals surface area (Å²) in [4.78, 5) is 22.2. The second-order valence-electron chi connectivity index (χ2n) is 3.19. The lowest BCUT2D eigenvalue weighted by atomic mass is 9.92. The van der Waals surface area contributed by atoms with Crippen LogP contribution >= 0.6 is 34.8 Å². The van der Waals surface area contributed by atoms with Crippen LogP contribution < -0.4 is 11.5 Å². The number of amides is 2. The van der Waals surface area contributed by atoms with Gasteiger partial charge in [0.25, 0.3) is 11.8 Å². The van der Waals surface area contributed by atoms with Crippen molar-refractivity contribution in [2.45, 2.75) is 5.60 Å². The monoisotopic (exact) mass is 296 g/mol. The van der Waals surface area contributed by atoms with Crippen molar-refractivity contribution in [3.8, 4) is 0 Å². The summed E-state index contributed by atoms with van der Waals surface area (Å²) in [6.45, 7) is 0. The summed E-state index contributed by atoms with van der Waals surface area (Å²) in [5, 5.41) is 9.80. The first-order valence-corrected chi connectivity index (χ1v) is 5.31. The molecule has 5 nitrogen and oxygen atoms in total. The molecule has 0 aliphatic heterocycles. The molecule has 0 atom stereocenters. The zero-order valence-corrected chi connectivity index (χ0v) is 10.5. The third kappa shape index (κ3) is 2.32. The van der Waals surface area contributed by atoms with Gasteiger partial charge in [-0.15, -0.1) is 0 Å². The van der Waals surface area contributed by atoms with Gasteiger partial charge in [0.2, 0.25) is 5.60 Å². The zero-order chi connectivity index (χ0) is 13.4. The van der Waals surface area contributed by atoms with Crippen molar-refractivity contribution in [3.63, 3.8) is 0 Å². The molecule has 92 valence electrons. The molecule has 1 aromatic carbocycles. The minimum Gasteiger partial charge on any atom is -0.368 e. The number of aliphatic hydroxyl groups is 1. The molecule has 0 spiro atoms. The molecule has 5 N–H and O–H groups in total. The summed E-state index contributed by atoms with van der Waals surface area (Å²) in [6, 6.07) is 2.18. The number of primary amides is 2. The van der Waals surface area contributed by atoms with E-state index in [-0.39, 0.29) is 20.6 Å². The van der Waals surface area contributed by atoms with E-state index in [1.807, 2.05) is 0 Å². The fraction of sp³-hybridized carbons (Fsp3) is 0.111. The molecule has 2 amide bonds. The summed E-state index contributed by atoms with van der Waals surface area (Å²) in [6.07, 6.45) is 0. The van der Waals surface area contributed by atoms with Crippen LogP contribution in [-0.4, -0.2) is 16.9 Å². The Balaban J connectivity index is 3.51. The average Bonchev–Trinajstić information content (AvgIpc) is 2.23. The van der Waals surface area contributed by atoms with Crippen molar-refractivity contribution in [1.29, 1.82) is 0 Å². The normalized spacial score (nSPS) is 11.3. The molecule has 17 heavy (non-hydrogen) atoms. The first-order chi connectivity index (χ1) is 7.71. The molecule has 1 rings (SSSR count). The van der Waals surface area contributed by atoms with Crippen LogP contribution in [-0.2, 0) is 15.2 Å². The lowest BCUT2D eigenvalue weighted by molar-refractivity contribution is -0.150. The molecule has 0 saturated carbocycles. The van der Waals surface area contributed by atoms with Gasteiger partial charge in [-0.2, -0.15) is 0 Å². The van der Waals surface area contributed by atoms with Crippen LogP contribution in [0.4, 0.5) is 0 Å². The van der Waals surface area contributed by atoms with Crippen LogP contribution in [0.2, 0.25) is 15.1 Å². The maximum Gasteiger partial charge on any atom is 0.264 e. The number of halogens is 3. The molecule has 0 fully saturated rings. The maximum absolute atomic E-state index is 11.1. The van der Waals surface area contributed by atoms with Gasteiger partial charge in [-0.25, -0.2) is 0 Å². The number of rotatable bonds is 3. The van der Waals surface area contributed by atoms with Crippen LogP contribution in [0.5, 0.6) is 0 Å². The van der Waals surface area contributed by atoms with Crippen LogP contribution in [0.3, 0.4) is 0 Å². The molecule has 0 radical (unpaired) electrons. The van der Waals surface area contributed by atoms with E-state index in [1.54, 1.807) is 0 Å². The van der Waals surface area contributed by atoms with Gasteiger partial charge in [-0.3, -0.25) is 9.59 Å². The van der Waals surface area contributed by atoms with Gasteiger partial charge in [0.1, 0.15) is 0 Å². The van der Waals surface area contributed by atoms with Gasteiger partial charge < -0.3 is 16.6 Å². The number of hydrogen-bond donors (Lipinski definition) is 3. The van der Waals surface area contributed by atoms with Crippen molar-refractivity contribution in [2.24, 2.45) is 11.5 Å². The van der Waals surface area contributed by atoms with E-state index < -0.39 is 17.4 Å². The Bertz CT molecular complexity index is 467. The van der Waals surface area contributed by atoms with Crippen molar-refractivity contribution in [2.75, 3.05) is 0 Å². The van der Waals surface area contributed by atoms with Gasteiger partial charge in [0.15, 0.2) is 0 Å². The number of hydrogen-bond acceptors (Lipinski definition) is 3. The van der Waals surface area contributed by atoms with Crippen molar-refractivity contribution in [1.82, 2.24) is 0 Å². The summed E-state index contributed by atoms with van der Waals surface area (Å²) in [7, 11) is 0. The van der Waals surface area contributed by atoms with Crippen LogP contribution in [0.15, 0.2) is 12.1 Å². The predicted molar refractivity (Wildman–Crippen MR) is 63.8 cm³/mol. The fourth-order valence-corrected chi connectivity index (χ4v) is 1.77. The van der Waals surface area contributed by atoms with E-state index in [2.05, 4.69) is 0 Å². The number of carbonyl (C=O) groups excluding carboxylic acids is 2. The Morgan fingerprint density at radius 3 is 1.71 bits per heavy atom. The van der Waals surface area contributed by atoms with Crippen LogP contribution in [0.25, 0.3) is 0 Å². The molecule has 0 aliphatic rings. The highest BCUT2D eigenvalue weighted by Crippen LogP contribution is 2.34. The minimum atomic E-state index is -2.68. The zero-order valence-electron chi connectivity index (χ0n) is 8.21. The van der Waals surface area contributed by atoms with Crippen LogP contribution in [0.1, 0.15) is 5.56 Å². The smallest absolute Gasteiger partial charge is 0.264 e. The quantitative estimate of drug-likeness (QED) is 0.567. The second-order valence-corrected chi connectivity index (χ2v) is 4.39. The molecule has 0 bridgehead atoms. The molecule has 1 aromatic rings. The van der Waals surface area contributed by atoms with E-state index in [0.29, 0.717) is 0 Å². The minimum absolute atomic E-state index is 0.0216. The van der Waals surface area contributed by atoms with E-state index in [9.17, 15) is 14.7 Å². The highest BCUT2D eigenvalue weighted by Gasteiger charge is 2.43. The molecular formula is C9H7Cl3N2O3. The third-order valence-electron chi connectivity index (χ3n) is 2.11. The highest BCUT2D eigenvalue weighted by molar-refractivity contribution is 6.48. The largest absolute Gasteiger partial charge is 0.368 e. The van der Waals surface area contributed by atoms with Crippen LogP contribution in [0, 0.1) is 0 Å². The summed E-state index contributed by atoms with van der Waals surface area (Å²) < 4.78 is 0. The molecule has 0 heterocycles. The summed E-state index contributed by atoms with van der Waals surface area (Å²) in [5.41, 5.74) is 6.94. The fourth-order valence-electron chi connectivity index (χ4n) is 1.17. The van der Waals surface area contributed by atoms with Crippen molar-refractivity contribution < 1.29 is 14.7 Å². The lowest BCUT2D eigenvalue weighted by Crippen LogP contribution is -2.51. The lowest BCUT2D eigenvalue weighted by Gasteiger charge is -2.21. The van der Waals surface area contributed by atoms with E-state index in [1.165, 1.54) is 0 Å². The standard InChI is InChI=1S/C9H7Cl3N2O3/c10-4-1-3(2-5(11)6(4)12)9(17,7(13)15)8(14)16/h1-2,17H,(H2,13,15)(H2,14,16). The summed E-state index contributed by atoms with van der Waals surface area (Å²) >= 11 is 17.1. The topological polar surface area (TPSA) is 106 Å². The first kappa shape index (κ1) is 14.1. The Morgan fingerprint density at radius 1 is 1.06 bits per heavy atom. The highest BCUT2D eigenvalue weighted by atomic mass is 35.5. The molecule has 0 aliphatic carbocycles. The van der Waals surface area contributed by atoms with E-state index in [0.717, 1.165) is 12.1 Å². The predicted octanol–water partition coefficient (Wildman–Crippen LogP) is 0.805. The van der Waals surface area contributed by atoms with Crippen molar-refractivity contribution in [3.05, 3.63) is 32.8 Å². The molecule has 0 saturated heterocycles. The third-order valence-corrected chi connectivity index (χ3v) is 3.31. The molecule has 0 aromatic heterocycles. The summed E-state index contributed by atoms with van der Waals surface area (Å²) in [5.74, 6) is -2.67. The Morgan fingerprint density at radius 2 is 1.41 bits per heavy atom. The number of benzene rings is 1. The van der Waals surface area contributed by atoms with Gasteiger partial charge >= 0.3 is 0 Å². The van der Waals surface area contributed by atoms with Gasteiger partial charge in [-0.05, 0) is 12.1 Å². The second kappa shape index (κ2) is 4.70.